The van der Waals surface area contributed by atoms with Crippen molar-refractivity contribution in [2.24, 2.45) is 0 Å². The molecule has 0 saturated heterocycles. The van der Waals surface area contributed by atoms with Crippen LogP contribution in [0.15, 0.2) is 47.3 Å². The van der Waals surface area contributed by atoms with E-state index in [2.05, 4.69) is 24.3 Å². The number of aliphatic hydroxyl groups excluding tert-OH is 1. The maximum Gasteiger partial charge on any atom is 0.0931 e. The monoisotopic (exact) mass is 174 g/mol. The Balaban J connectivity index is 2.21. The van der Waals surface area contributed by atoms with E-state index in [1.807, 2.05) is 6.08 Å². The predicted molar refractivity (Wildman–Crippen MR) is 54.5 cm³/mol. The van der Waals surface area contributed by atoms with Crippen molar-refractivity contribution in [3.05, 3.63) is 47.3 Å². The average Bonchev–Trinajstić information content (AvgIpc) is 2.19. The van der Waals surface area contributed by atoms with Gasteiger partial charge in [0.25, 0.3) is 0 Å². The lowest BCUT2D eigenvalue weighted by Gasteiger charge is -2.12. The lowest BCUT2D eigenvalue weighted by Crippen LogP contribution is -1.95. The van der Waals surface area contributed by atoms with E-state index in [9.17, 15) is 5.11 Å². The summed E-state index contributed by atoms with van der Waals surface area (Å²) in [5.74, 6) is 0.511. The summed E-state index contributed by atoms with van der Waals surface area (Å²) in [6, 6.07) is 0. The molecule has 2 rings (SSSR count). The normalized spacial score (nSPS) is 22.0. The summed E-state index contributed by atoms with van der Waals surface area (Å²) in [7, 11) is 0. The number of allylic oxidation sites excluding steroid dienone is 8. The minimum atomic E-state index is 0.511. The molecule has 13 heavy (non-hydrogen) atoms. The molecule has 0 atom stereocenters. The summed E-state index contributed by atoms with van der Waals surface area (Å²) in [6.07, 6.45) is 14.7. The quantitative estimate of drug-likeness (QED) is 0.645. The first kappa shape index (κ1) is 8.36. The first-order chi connectivity index (χ1) is 6.36. The van der Waals surface area contributed by atoms with Crippen molar-refractivity contribution in [3.8, 4) is 0 Å². The van der Waals surface area contributed by atoms with Crippen molar-refractivity contribution in [2.45, 2.75) is 25.7 Å². The molecule has 0 bridgehead atoms. The van der Waals surface area contributed by atoms with Gasteiger partial charge in [-0.2, -0.15) is 0 Å². The van der Waals surface area contributed by atoms with E-state index in [-0.39, 0.29) is 0 Å². The Morgan fingerprint density at radius 3 is 2.54 bits per heavy atom. The van der Waals surface area contributed by atoms with Crippen LogP contribution in [0, 0.1) is 0 Å². The summed E-state index contributed by atoms with van der Waals surface area (Å²) >= 11 is 0. The zero-order chi connectivity index (χ0) is 9.10. The van der Waals surface area contributed by atoms with Gasteiger partial charge in [0.2, 0.25) is 0 Å². The third-order valence-corrected chi connectivity index (χ3v) is 2.42. The first-order valence-electron chi connectivity index (χ1n) is 4.83. The summed E-state index contributed by atoms with van der Waals surface area (Å²) in [5.41, 5.74) is 2.44. The van der Waals surface area contributed by atoms with Crippen LogP contribution in [0.4, 0.5) is 0 Å². The molecular weight excluding hydrogens is 160 g/mol. The fourth-order valence-corrected chi connectivity index (χ4v) is 1.71. The van der Waals surface area contributed by atoms with Gasteiger partial charge < -0.3 is 5.11 Å². The topological polar surface area (TPSA) is 20.2 Å². The minimum Gasteiger partial charge on any atom is -0.512 e. The van der Waals surface area contributed by atoms with Gasteiger partial charge in [-0.1, -0.05) is 24.3 Å². The smallest absolute Gasteiger partial charge is 0.0931 e. The van der Waals surface area contributed by atoms with Gasteiger partial charge in [0.15, 0.2) is 0 Å². The Hall–Kier alpha value is -1.24. The first-order valence-corrected chi connectivity index (χ1v) is 4.83. The zero-order valence-corrected chi connectivity index (χ0v) is 7.66. The number of hydrogen-bond acceptors (Lipinski definition) is 1. The molecule has 2 aliphatic carbocycles. The molecule has 1 heteroatoms. The Morgan fingerprint density at radius 2 is 1.85 bits per heavy atom. The van der Waals surface area contributed by atoms with E-state index in [4.69, 9.17) is 0 Å². The van der Waals surface area contributed by atoms with Gasteiger partial charge in [0, 0.05) is 6.42 Å². The molecule has 0 fully saturated rings. The molecule has 0 aromatic heterocycles. The third-order valence-electron chi connectivity index (χ3n) is 2.42. The highest BCUT2D eigenvalue weighted by Gasteiger charge is 2.07. The summed E-state index contributed by atoms with van der Waals surface area (Å²) in [6.45, 7) is 0. The second-order valence-electron chi connectivity index (χ2n) is 3.47. The van der Waals surface area contributed by atoms with Gasteiger partial charge in [-0.3, -0.25) is 0 Å². The van der Waals surface area contributed by atoms with Crippen molar-refractivity contribution in [1.29, 1.82) is 0 Å². The molecule has 0 radical (unpaired) electrons. The molecule has 0 aromatic rings. The van der Waals surface area contributed by atoms with Crippen LogP contribution in [0.1, 0.15) is 25.7 Å². The molecule has 0 heterocycles. The predicted octanol–water partition coefficient (Wildman–Crippen LogP) is 3.42. The summed E-state index contributed by atoms with van der Waals surface area (Å²) in [4.78, 5) is 0. The summed E-state index contributed by atoms with van der Waals surface area (Å²) in [5, 5.41) is 9.38. The maximum absolute atomic E-state index is 9.38. The van der Waals surface area contributed by atoms with Crippen LogP contribution in [-0.2, 0) is 0 Å². The van der Waals surface area contributed by atoms with Gasteiger partial charge >= 0.3 is 0 Å². The van der Waals surface area contributed by atoms with Crippen LogP contribution in [0.3, 0.4) is 0 Å². The van der Waals surface area contributed by atoms with E-state index >= 15 is 0 Å². The van der Waals surface area contributed by atoms with Gasteiger partial charge in [-0.15, -0.1) is 0 Å². The second kappa shape index (κ2) is 3.65. The molecule has 0 amide bonds. The van der Waals surface area contributed by atoms with Crippen LogP contribution in [-0.4, -0.2) is 5.11 Å². The molecule has 1 nitrogen and oxygen atoms in total. The molecule has 0 aromatic carbocycles. The van der Waals surface area contributed by atoms with E-state index < -0.39 is 0 Å². The fourth-order valence-electron chi connectivity index (χ4n) is 1.71. The van der Waals surface area contributed by atoms with E-state index in [0.717, 1.165) is 25.7 Å². The largest absolute Gasteiger partial charge is 0.512 e. The molecule has 0 saturated carbocycles. The van der Waals surface area contributed by atoms with Crippen LogP contribution >= 0.6 is 0 Å². The third kappa shape index (κ3) is 1.92. The van der Waals surface area contributed by atoms with Gasteiger partial charge in [0.05, 0.1) is 5.76 Å². The molecule has 68 valence electrons. The average molecular weight is 174 g/mol. The molecule has 0 aliphatic heterocycles. The van der Waals surface area contributed by atoms with Crippen LogP contribution in [0.2, 0.25) is 0 Å². The maximum atomic E-state index is 9.38. The molecular formula is C12H14O. The Labute approximate surface area is 78.8 Å². The minimum absolute atomic E-state index is 0.511. The highest BCUT2D eigenvalue weighted by Crippen LogP contribution is 2.24. The highest BCUT2D eigenvalue weighted by molar-refractivity contribution is 5.49. The molecule has 1 N–H and O–H groups in total. The van der Waals surface area contributed by atoms with Crippen molar-refractivity contribution in [3.63, 3.8) is 0 Å². The van der Waals surface area contributed by atoms with E-state index in [0.29, 0.717) is 5.76 Å². The van der Waals surface area contributed by atoms with Crippen LogP contribution in [0.5, 0.6) is 0 Å². The van der Waals surface area contributed by atoms with Crippen molar-refractivity contribution >= 4 is 0 Å². The van der Waals surface area contributed by atoms with Crippen LogP contribution in [0.25, 0.3) is 0 Å². The second-order valence-corrected chi connectivity index (χ2v) is 3.47. The lowest BCUT2D eigenvalue weighted by atomic mass is 9.95. The zero-order valence-electron chi connectivity index (χ0n) is 7.66. The van der Waals surface area contributed by atoms with Crippen molar-refractivity contribution in [2.75, 3.05) is 0 Å². The number of aliphatic hydroxyl groups is 1. The van der Waals surface area contributed by atoms with Gasteiger partial charge in [0.1, 0.15) is 0 Å². The van der Waals surface area contributed by atoms with Crippen molar-refractivity contribution in [1.82, 2.24) is 0 Å². The Bertz CT molecular complexity index is 316. The van der Waals surface area contributed by atoms with Gasteiger partial charge in [-0.05, 0) is 36.5 Å². The standard InChI is InChI=1S/C12H14O/c13-12-8-4-7-11(9-12)10-5-2-1-3-6-10/h2,5-7,9,13H,1,3-4,8H2. The van der Waals surface area contributed by atoms with Gasteiger partial charge in [-0.25, -0.2) is 0 Å². The number of hydrogen-bond donors (Lipinski definition) is 1. The van der Waals surface area contributed by atoms with Crippen molar-refractivity contribution < 1.29 is 5.11 Å². The highest BCUT2D eigenvalue weighted by atomic mass is 16.3. The van der Waals surface area contributed by atoms with E-state index in [1.54, 1.807) is 0 Å². The molecule has 2 aliphatic rings. The Morgan fingerprint density at radius 1 is 1.00 bits per heavy atom. The Kier molecular flexibility index (Phi) is 2.35. The lowest BCUT2D eigenvalue weighted by molar-refractivity contribution is 0.387. The summed E-state index contributed by atoms with van der Waals surface area (Å²) < 4.78 is 0. The SMILES string of the molecule is OC1=CC(C2=CCCC=C2)=CCC1. The molecule has 0 spiro atoms. The van der Waals surface area contributed by atoms with Crippen LogP contribution < -0.4 is 0 Å². The fraction of sp³-hybridized carbons (Fsp3) is 0.333. The molecule has 0 unspecified atom stereocenters. The number of rotatable bonds is 1. The van der Waals surface area contributed by atoms with E-state index in [1.165, 1.54) is 11.1 Å².